The number of benzene rings is 2. The van der Waals surface area contributed by atoms with Crippen LogP contribution in [0.4, 0.5) is 4.39 Å². The summed E-state index contributed by atoms with van der Waals surface area (Å²) in [6.45, 7) is 2.09. The number of fused-ring (bicyclic) bond motifs is 1. The number of aromatic nitrogens is 3. The molecule has 0 fully saturated rings. The first kappa shape index (κ1) is 18.1. The highest BCUT2D eigenvalue weighted by Gasteiger charge is 2.19. The van der Waals surface area contributed by atoms with Gasteiger partial charge in [0.1, 0.15) is 5.82 Å². The predicted octanol–water partition coefficient (Wildman–Crippen LogP) is 4.45. The number of nitrogens with zero attached hydrogens (tertiary/aromatic N) is 3. The van der Waals surface area contributed by atoms with Crippen molar-refractivity contribution in [3.63, 3.8) is 0 Å². The lowest BCUT2D eigenvalue weighted by molar-refractivity contribution is 0.0951. The summed E-state index contributed by atoms with van der Waals surface area (Å²) in [5.41, 5.74) is 3.19. The maximum Gasteiger partial charge on any atom is 0.254 e. The van der Waals surface area contributed by atoms with Gasteiger partial charge in [-0.2, -0.15) is 5.10 Å². The van der Waals surface area contributed by atoms with E-state index in [4.69, 9.17) is 11.6 Å². The SMILES string of the molecule is Cc1nn(-c2ccccc2)c2ncc(C(=O)NCc3ccc(F)cc3)c(Cl)c12. The van der Waals surface area contributed by atoms with E-state index in [1.807, 2.05) is 37.3 Å². The number of rotatable bonds is 4. The van der Waals surface area contributed by atoms with Gasteiger partial charge in [-0.25, -0.2) is 14.1 Å². The Morgan fingerprint density at radius 3 is 2.57 bits per heavy atom. The van der Waals surface area contributed by atoms with E-state index in [0.29, 0.717) is 21.7 Å². The zero-order valence-electron chi connectivity index (χ0n) is 15.0. The molecule has 7 heteroatoms. The number of aryl methyl sites for hydroxylation is 1. The first-order valence-corrected chi connectivity index (χ1v) is 9.04. The van der Waals surface area contributed by atoms with Crippen LogP contribution in [-0.2, 0) is 6.54 Å². The van der Waals surface area contributed by atoms with E-state index < -0.39 is 0 Å². The molecule has 0 aliphatic rings. The molecule has 0 aliphatic heterocycles. The van der Waals surface area contributed by atoms with Gasteiger partial charge in [0.15, 0.2) is 5.65 Å². The summed E-state index contributed by atoms with van der Waals surface area (Å²) in [5, 5.41) is 8.26. The number of halogens is 2. The van der Waals surface area contributed by atoms with Crippen molar-refractivity contribution in [2.24, 2.45) is 0 Å². The molecule has 0 spiro atoms. The van der Waals surface area contributed by atoms with Gasteiger partial charge < -0.3 is 5.32 Å². The summed E-state index contributed by atoms with van der Waals surface area (Å²) >= 11 is 6.54. The number of amides is 1. The summed E-state index contributed by atoms with van der Waals surface area (Å²) < 4.78 is 14.7. The molecule has 1 N–H and O–H groups in total. The first-order valence-electron chi connectivity index (χ1n) is 8.66. The van der Waals surface area contributed by atoms with Gasteiger partial charge in [-0.1, -0.05) is 41.9 Å². The molecule has 4 rings (SSSR count). The van der Waals surface area contributed by atoms with Gasteiger partial charge in [-0.15, -0.1) is 0 Å². The molecule has 2 heterocycles. The zero-order valence-corrected chi connectivity index (χ0v) is 15.7. The van der Waals surface area contributed by atoms with Crippen LogP contribution in [0.25, 0.3) is 16.7 Å². The molecule has 140 valence electrons. The highest BCUT2D eigenvalue weighted by atomic mass is 35.5. The molecule has 4 aromatic rings. The largest absolute Gasteiger partial charge is 0.348 e. The fourth-order valence-corrected chi connectivity index (χ4v) is 3.35. The number of carbonyl (C=O) groups is 1. The van der Waals surface area contributed by atoms with Crippen LogP contribution in [0.3, 0.4) is 0 Å². The lowest BCUT2D eigenvalue weighted by Crippen LogP contribution is -2.23. The van der Waals surface area contributed by atoms with Gasteiger partial charge in [0.05, 0.1) is 27.4 Å². The molecule has 0 saturated carbocycles. The van der Waals surface area contributed by atoms with Crippen molar-refractivity contribution in [3.8, 4) is 5.69 Å². The van der Waals surface area contributed by atoms with Crippen molar-refractivity contribution < 1.29 is 9.18 Å². The molecule has 28 heavy (non-hydrogen) atoms. The smallest absolute Gasteiger partial charge is 0.254 e. The van der Waals surface area contributed by atoms with E-state index >= 15 is 0 Å². The van der Waals surface area contributed by atoms with Crippen LogP contribution in [0.5, 0.6) is 0 Å². The normalized spacial score (nSPS) is 11.0. The Hall–Kier alpha value is -3.25. The van der Waals surface area contributed by atoms with Gasteiger partial charge in [-0.05, 0) is 36.8 Å². The third kappa shape index (κ3) is 3.34. The van der Waals surface area contributed by atoms with Crippen LogP contribution in [-0.4, -0.2) is 20.7 Å². The molecule has 0 radical (unpaired) electrons. The molecule has 2 aromatic heterocycles. The number of nitrogens with one attached hydrogen (secondary N) is 1. The standard InChI is InChI=1S/C21H16ClFN4O/c1-13-18-19(22)17(21(28)25-11-14-7-9-15(23)10-8-14)12-24-20(18)27(26-13)16-5-3-2-4-6-16/h2-10,12H,11H2,1H3,(H,25,28). The summed E-state index contributed by atoms with van der Waals surface area (Å²) in [7, 11) is 0. The Morgan fingerprint density at radius 2 is 1.86 bits per heavy atom. The average molecular weight is 395 g/mol. The fraction of sp³-hybridized carbons (Fsp3) is 0.0952. The number of para-hydroxylation sites is 1. The number of hydrogen-bond donors (Lipinski definition) is 1. The first-order chi connectivity index (χ1) is 13.5. The Bertz CT molecular complexity index is 1160. The second-order valence-electron chi connectivity index (χ2n) is 6.33. The molecule has 0 unspecified atom stereocenters. The second kappa shape index (κ2) is 7.40. The Morgan fingerprint density at radius 1 is 1.14 bits per heavy atom. The van der Waals surface area contributed by atoms with E-state index in [2.05, 4.69) is 15.4 Å². The van der Waals surface area contributed by atoms with E-state index in [0.717, 1.165) is 11.3 Å². The van der Waals surface area contributed by atoms with E-state index in [-0.39, 0.29) is 23.8 Å². The van der Waals surface area contributed by atoms with Crippen molar-refractivity contribution in [3.05, 3.63) is 88.5 Å². The Balaban J connectivity index is 1.65. The van der Waals surface area contributed by atoms with Gasteiger partial charge in [-0.3, -0.25) is 4.79 Å². The monoisotopic (exact) mass is 394 g/mol. The predicted molar refractivity (Wildman–Crippen MR) is 106 cm³/mol. The van der Waals surface area contributed by atoms with Crippen molar-refractivity contribution in [2.75, 3.05) is 0 Å². The number of pyridine rings is 1. The molecule has 1 amide bonds. The molecule has 0 aliphatic carbocycles. The van der Waals surface area contributed by atoms with Crippen molar-refractivity contribution in [2.45, 2.75) is 13.5 Å². The fourth-order valence-electron chi connectivity index (χ4n) is 3.00. The zero-order chi connectivity index (χ0) is 19.7. The summed E-state index contributed by atoms with van der Waals surface area (Å²) in [6, 6.07) is 15.5. The second-order valence-corrected chi connectivity index (χ2v) is 6.70. The van der Waals surface area contributed by atoms with Gasteiger partial charge in [0.2, 0.25) is 0 Å². The van der Waals surface area contributed by atoms with Gasteiger partial charge >= 0.3 is 0 Å². The lowest BCUT2D eigenvalue weighted by Gasteiger charge is -2.08. The number of hydrogen-bond acceptors (Lipinski definition) is 3. The minimum Gasteiger partial charge on any atom is -0.348 e. The van der Waals surface area contributed by atoms with E-state index in [9.17, 15) is 9.18 Å². The van der Waals surface area contributed by atoms with Crippen LogP contribution in [0, 0.1) is 12.7 Å². The molecule has 5 nitrogen and oxygen atoms in total. The number of carbonyl (C=O) groups excluding carboxylic acids is 1. The summed E-state index contributed by atoms with van der Waals surface area (Å²) in [4.78, 5) is 17.0. The molecule has 0 atom stereocenters. The van der Waals surface area contributed by atoms with Crippen LogP contribution in [0.15, 0.2) is 60.8 Å². The molecule has 2 aromatic carbocycles. The summed E-state index contributed by atoms with van der Waals surface area (Å²) in [6.07, 6.45) is 1.45. The Labute approximate surface area is 165 Å². The van der Waals surface area contributed by atoms with E-state index in [1.165, 1.54) is 18.3 Å². The molecular weight excluding hydrogens is 379 g/mol. The quantitative estimate of drug-likeness (QED) is 0.556. The van der Waals surface area contributed by atoms with Crippen molar-refractivity contribution in [1.82, 2.24) is 20.1 Å². The van der Waals surface area contributed by atoms with Crippen LogP contribution < -0.4 is 5.32 Å². The maximum absolute atomic E-state index is 13.0. The topological polar surface area (TPSA) is 59.8 Å². The average Bonchev–Trinajstić information content (AvgIpc) is 3.05. The minimum absolute atomic E-state index is 0.260. The van der Waals surface area contributed by atoms with Crippen LogP contribution >= 0.6 is 11.6 Å². The van der Waals surface area contributed by atoms with Crippen LogP contribution in [0.1, 0.15) is 21.6 Å². The molecule has 0 saturated heterocycles. The van der Waals surface area contributed by atoms with Crippen molar-refractivity contribution in [1.29, 1.82) is 0 Å². The van der Waals surface area contributed by atoms with Gasteiger partial charge in [0.25, 0.3) is 5.91 Å². The van der Waals surface area contributed by atoms with E-state index in [1.54, 1.807) is 16.8 Å². The molecular formula is C21H16ClFN4O. The highest BCUT2D eigenvalue weighted by Crippen LogP contribution is 2.29. The minimum atomic E-state index is -0.351. The lowest BCUT2D eigenvalue weighted by atomic mass is 10.1. The Kier molecular flexibility index (Phi) is 4.79. The highest BCUT2D eigenvalue weighted by molar-refractivity contribution is 6.38. The third-order valence-corrected chi connectivity index (χ3v) is 4.81. The maximum atomic E-state index is 13.0. The third-order valence-electron chi connectivity index (χ3n) is 4.42. The van der Waals surface area contributed by atoms with Crippen LogP contribution in [0.2, 0.25) is 5.02 Å². The summed E-state index contributed by atoms with van der Waals surface area (Å²) in [5.74, 6) is -0.672. The molecule has 0 bridgehead atoms. The van der Waals surface area contributed by atoms with Gasteiger partial charge in [0, 0.05) is 12.7 Å². The van der Waals surface area contributed by atoms with Crippen molar-refractivity contribution >= 4 is 28.5 Å².